The van der Waals surface area contributed by atoms with E-state index in [0.29, 0.717) is 0 Å². The lowest BCUT2D eigenvalue weighted by atomic mass is 9.53. The molecule has 1 amide bonds. The van der Waals surface area contributed by atoms with Gasteiger partial charge in [0.05, 0.1) is 0 Å². The molecule has 1 aromatic carbocycles. The minimum absolute atomic E-state index is 0.0805. The second-order valence-corrected chi connectivity index (χ2v) is 8.25. The first kappa shape index (κ1) is 16.4. The van der Waals surface area contributed by atoms with Crippen molar-refractivity contribution in [3.05, 3.63) is 29.8 Å². The van der Waals surface area contributed by atoms with Gasteiger partial charge in [-0.05, 0) is 75.3 Å². The Kier molecular flexibility index (Phi) is 3.97. The van der Waals surface area contributed by atoms with Crippen molar-refractivity contribution in [3.8, 4) is 5.75 Å². The molecule has 134 valence electrons. The second kappa shape index (κ2) is 6.04. The molecular weight excluding hydrogens is 318 g/mol. The van der Waals surface area contributed by atoms with Crippen molar-refractivity contribution >= 4 is 11.9 Å². The topological polar surface area (TPSA) is 75.6 Å². The third-order valence-electron chi connectivity index (χ3n) is 6.20. The van der Waals surface area contributed by atoms with E-state index in [0.717, 1.165) is 37.0 Å². The maximum absolute atomic E-state index is 12.6. The number of aromatic hydroxyl groups is 1. The number of esters is 1. The first-order chi connectivity index (χ1) is 11.9. The third-order valence-corrected chi connectivity index (χ3v) is 6.20. The summed E-state index contributed by atoms with van der Waals surface area (Å²) in [6.07, 6.45) is 6.24. The van der Waals surface area contributed by atoms with Crippen LogP contribution in [0.15, 0.2) is 24.3 Å². The van der Waals surface area contributed by atoms with Gasteiger partial charge in [-0.15, -0.1) is 0 Å². The number of benzene rings is 1. The van der Waals surface area contributed by atoms with Crippen LogP contribution < -0.4 is 5.32 Å². The van der Waals surface area contributed by atoms with E-state index in [4.69, 9.17) is 4.74 Å². The van der Waals surface area contributed by atoms with Crippen LogP contribution in [0.4, 0.5) is 0 Å². The second-order valence-electron chi connectivity index (χ2n) is 8.25. The van der Waals surface area contributed by atoms with Gasteiger partial charge in [-0.1, -0.05) is 12.1 Å². The molecule has 4 aliphatic rings. The summed E-state index contributed by atoms with van der Waals surface area (Å²) in [6.45, 7) is 1.59. The first-order valence-corrected chi connectivity index (χ1v) is 9.25. The van der Waals surface area contributed by atoms with Gasteiger partial charge < -0.3 is 15.2 Å². The van der Waals surface area contributed by atoms with Crippen molar-refractivity contribution in [2.45, 2.75) is 57.1 Å². The van der Waals surface area contributed by atoms with E-state index in [1.165, 1.54) is 31.4 Å². The zero-order chi connectivity index (χ0) is 17.6. The number of phenols is 1. The number of hydrogen-bond donors (Lipinski definition) is 2. The molecule has 0 radical (unpaired) electrons. The number of para-hydroxylation sites is 1. The highest BCUT2D eigenvalue weighted by Crippen LogP contribution is 2.55. The SMILES string of the molecule is C[C@@H](OC(=O)c1ccccc1O)C(=O)NC12CC3CC(CC(C3)C1)C2. The van der Waals surface area contributed by atoms with E-state index in [9.17, 15) is 14.7 Å². The molecule has 4 aliphatic carbocycles. The van der Waals surface area contributed by atoms with Crippen LogP contribution >= 0.6 is 0 Å². The maximum Gasteiger partial charge on any atom is 0.342 e. The van der Waals surface area contributed by atoms with E-state index in [-0.39, 0.29) is 22.8 Å². The normalized spacial score (nSPS) is 33.7. The molecule has 4 bridgehead atoms. The summed E-state index contributed by atoms with van der Waals surface area (Å²) in [4.78, 5) is 24.8. The van der Waals surface area contributed by atoms with E-state index in [1.807, 2.05) is 0 Å². The number of phenolic OH excluding ortho intramolecular Hbond substituents is 1. The average molecular weight is 343 g/mol. The molecule has 5 nitrogen and oxygen atoms in total. The van der Waals surface area contributed by atoms with Crippen LogP contribution in [0.25, 0.3) is 0 Å². The van der Waals surface area contributed by atoms with E-state index < -0.39 is 12.1 Å². The molecule has 1 atom stereocenters. The van der Waals surface area contributed by atoms with Gasteiger partial charge in [0.2, 0.25) is 0 Å². The fraction of sp³-hybridized carbons (Fsp3) is 0.600. The Bertz CT molecular complexity index is 663. The predicted molar refractivity (Wildman–Crippen MR) is 92.0 cm³/mol. The zero-order valence-electron chi connectivity index (χ0n) is 14.5. The largest absolute Gasteiger partial charge is 0.507 e. The molecule has 4 fully saturated rings. The van der Waals surface area contributed by atoms with Gasteiger partial charge in [0.15, 0.2) is 6.10 Å². The summed E-state index contributed by atoms with van der Waals surface area (Å²) in [5.74, 6) is 1.18. The van der Waals surface area contributed by atoms with Crippen molar-refractivity contribution in [1.82, 2.24) is 5.32 Å². The molecule has 0 aliphatic heterocycles. The highest BCUT2D eigenvalue weighted by atomic mass is 16.5. The van der Waals surface area contributed by atoms with Crippen molar-refractivity contribution in [2.75, 3.05) is 0 Å². The standard InChI is InChI=1S/C20H25NO4/c1-12(25-19(24)16-4-2-3-5-17(16)22)18(23)21-20-9-13-6-14(10-20)8-15(7-13)11-20/h2-5,12-15,22H,6-11H2,1H3,(H,21,23)/t12-,13?,14?,15?,20?/m1/s1. The first-order valence-electron chi connectivity index (χ1n) is 9.25. The molecular formula is C20H25NO4. The Morgan fingerprint density at radius 1 is 1.12 bits per heavy atom. The van der Waals surface area contributed by atoms with Crippen LogP contribution in [0, 0.1) is 17.8 Å². The Labute approximate surface area is 147 Å². The van der Waals surface area contributed by atoms with Crippen molar-refractivity contribution < 1.29 is 19.4 Å². The number of hydrogen-bond acceptors (Lipinski definition) is 4. The Morgan fingerprint density at radius 2 is 1.68 bits per heavy atom. The maximum atomic E-state index is 12.6. The number of ether oxygens (including phenoxy) is 1. The smallest absolute Gasteiger partial charge is 0.342 e. The van der Waals surface area contributed by atoms with Crippen molar-refractivity contribution in [1.29, 1.82) is 0 Å². The van der Waals surface area contributed by atoms with Gasteiger partial charge in [0, 0.05) is 5.54 Å². The molecule has 0 aromatic heterocycles. The third kappa shape index (κ3) is 3.12. The predicted octanol–water partition coefficient (Wildman–Crippen LogP) is 3.02. The molecule has 5 rings (SSSR count). The molecule has 0 spiro atoms. The summed E-state index contributed by atoms with van der Waals surface area (Å²) < 4.78 is 5.28. The van der Waals surface area contributed by atoms with Crippen LogP contribution in [-0.4, -0.2) is 28.6 Å². The van der Waals surface area contributed by atoms with Crippen LogP contribution in [0.1, 0.15) is 55.8 Å². The van der Waals surface area contributed by atoms with Crippen molar-refractivity contribution in [3.63, 3.8) is 0 Å². The molecule has 5 heteroatoms. The quantitative estimate of drug-likeness (QED) is 0.824. The lowest BCUT2D eigenvalue weighted by molar-refractivity contribution is -0.134. The van der Waals surface area contributed by atoms with E-state index in [1.54, 1.807) is 19.1 Å². The lowest BCUT2D eigenvalue weighted by Crippen LogP contribution is -2.61. The Morgan fingerprint density at radius 3 is 2.24 bits per heavy atom. The van der Waals surface area contributed by atoms with Crippen LogP contribution in [-0.2, 0) is 9.53 Å². The molecule has 1 aromatic rings. The van der Waals surface area contributed by atoms with E-state index in [2.05, 4.69) is 5.32 Å². The summed E-state index contributed by atoms with van der Waals surface area (Å²) in [5.41, 5.74) is -0.0153. The van der Waals surface area contributed by atoms with Gasteiger partial charge in [-0.2, -0.15) is 0 Å². The Balaban J connectivity index is 1.40. The fourth-order valence-electron chi connectivity index (χ4n) is 5.55. The van der Waals surface area contributed by atoms with Crippen LogP contribution in [0.3, 0.4) is 0 Å². The monoisotopic (exact) mass is 343 g/mol. The van der Waals surface area contributed by atoms with Crippen LogP contribution in [0.5, 0.6) is 5.75 Å². The minimum Gasteiger partial charge on any atom is -0.507 e. The molecule has 25 heavy (non-hydrogen) atoms. The van der Waals surface area contributed by atoms with Crippen molar-refractivity contribution in [2.24, 2.45) is 17.8 Å². The molecule has 0 unspecified atom stereocenters. The highest BCUT2D eigenvalue weighted by molar-refractivity contribution is 5.94. The number of rotatable bonds is 4. The van der Waals surface area contributed by atoms with E-state index >= 15 is 0 Å². The minimum atomic E-state index is -0.875. The highest BCUT2D eigenvalue weighted by Gasteiger charge is 2.51. The molecule has 0 saturated heterocycles. The average Bonchev–Trinajstić information content (AvgIpc) is 2.53. The Hall–Kier alpha value is -2.04. The summed E-state index contributed by atoms with van der Waals surface area (Å²) >= 11 is 0. The van der Waals surface area contributed by atoms with Gasteiger partial charge in [-0.25, -0.2) is 4.79 Å². The molecule has 2 N–H and O–H groups in total. The van der Waals surface area contributed by atoms with Gasteiger partial charge in [-0.3, -0.25) is 4.79 Å². The zero-order valence-corrected chi connectivity index (χ0v) is 14.5. The summed E-state index contributed by atoms with van der Waals surface area (Å²) in [6, 6.07) is 6.20. The van der Waals surface area contributed by atoms with Crippen LogP contribution in [0.2, 0.25) is 0 Å². The summed E-state index contributed by atoms with van der Waals surface area (Å²) in [7, 11) is 0. The lowest BCUT2D eigenvalue weighted by Gasteiger charge is -2.57. The van der Waals surface area contributed by atoms with Gasteiger partial charge in [0.1, 0.15) is 11.3 Å². The number of carbonyl (C=O) groups excluding carboxylic acids is 2. The van der Waals surface area contributed by atoms with Gasteiger partial charge >= 0.3 is 5.97 Å². The summed E-state index contributed by atoms with van der Waals surface area (Å²) in [5, 5.41) is 13.0. The molecule has 4 saturated carbocycles. The van der Waals surface area contributed by atoms with Gasteiger partial charge in [0.25, 0.3) is 5.91 Å². The number of carbonyl (C=O) groups is 2. The fourth-order valence-corrected chi connectivity index (χ4v) is 5.55. The molecule has 0 heterocycles. The number of nitrogens with one attached hydrogen (secondary N) is 1. The number of amides is 1.